The summed E-state index contributed by atoms with van der Waals surface area (Å²) in [4.78, 5) is 1.18. The molecule has 1 unspecified atom stereocenters. The van der Waals surface area contributed by atoms with Crippen molar-refractivity contribution in [3.8, 4) is 0 Å². The van der Waals surface area contributed by atoms with Crippen molar-refractivity contribution in [1.29, 1.82) is 0 Å². The second-order valence-corrected chi connectivity index (χ2v) is 5.55. The van der Waals surface area contributed by atoms with E-state index in [0.29, 0.717) is 6.54 Å². The molecule has 13 heavy (non-hydrogen) atoms. The molecule has 0 aliphatic rings. The molecular weight excluding hydrogens is 250 g/mol. The van der Waals surface area contributed by atoms with Gasteiger partial charge in [0.15, 0.2) is 0 Å². The molecule has 0 spiro atoms. The Bertz CT molecular complexity index is 262. The summed E-state index contributed by atoms with van der Waals surface area (Å²) < 4.78 is 6.78. The minimum absolute atomic E-state index is 0.0382. The van der Waals surface area contributed by atoms with Gasteiger partial charge >= 0.3 is 0 Å². The van der Waals surface area contributed by atoms with Crippen LogP contribution in [0.4, 0.5) is 0 Å². The molecule has 0 radical (unpaired) electrons. The lowest BCUT2D eigenvalue weighted by atomic mass is 10.3. The summed E-state index contributed by atoms with van der Waals surface area (Å²) in [7, 11) is 0. The molecule has 0 aromatic carbocycles. The van der Waals surface area contributed by atoms with Gasteiger partial charge in [-0.1, -0.05) is 0 Å². The Morgan fingerprint density at radius 1 is 1.54 bits per heavy atom. The molecule has 0 amide bonds. The van der Waals surface area contributed by atoms with Gasteiger partial charge in [0.25, 0.3) is 0 Å². The van der Waals surface area contributed by atoms with Gasteiger partial charge in [-0.3, -0.25) is 0 Å². The molecule has 2 N–H and O–H groups in total. The Morgan fingerprint density at radius 2 is 2.23 bits per heavy atom. The molecule has 74 valence electrons. The van der Waals surface area contributed by atoms with E-state index in [1.165, 1.54) is 4.88 Å². The van der Waals surface area contributed by atoms with Gasteiger partial charge in [-0.25, -0.2) is 0 Å². The van der Waals surface area contributed by atoms with Crippen molar-refractivity contribution in [3.63, 3.8) is 0 Å². The van der Waals surface area contributed by atoms with E-state index in [9.17, 15) is 0 Å². The minimum atomic E-state index is 0.0382. The third-order valence-corrected chi connectivity index (χ3v) is 3.28. The zero-order valence-corrected chi connectivity index (χ0v) is 10.2. The Hall–Kier alpha value is 0.1000. The predicted octanol–water partition coefficient (Wildman–Crippen LogP) is 2.94. The molecule has 0 aliphatic carbocycles. The van der Waals surface area contributed by atoms with Crippen LogP contribution in [0, 0.1) is 0 Å². The van der Waals surface area contributed by atoms with Crippen molar-refractivity contribution >= 4 is 27.3 Å². The molecule has 0 aliphatic heterocycles. The summed E-state index contributed by atoms with van der Waals surface area (Å²) in [5, 5.41) is 0. The van der Waals surface area contributed by atoms with E-state index in [0.717, 1.165) is 3.79 Å². The van der Waals surface area contributed by atoms with Crippen LogP contribution < -0.4 is 5.73 Å². The molecule has 0 fully saturated rings. The van der Waals surface area contributed by atoms with E-state index in [-0.39, 0.29) is 12.2 Å². The summed E-state index contributed by atoms with van der Waals surface area (Å²) in [5.41, 5.74) is 5.63. The predicted molar refractivity (Wildman–Crippen MR) is 60.0 cm³/mol. The van der Waals surface area contributed by atoms with Crippen molar-refractivity contribution in [1.82, 2.24) is 0 Å². The first-order valence-corrected chi connectivity index (χ1v) is 5.85. The fourth-order valence-corrected chi connectivity index (χ4v) is 2.54. The van der Waals surface area contributed by atoms with Crippen LogP contribution in [-0.2, 0) is 4.74 Å². The van der Waals surface area contributed by atoms with Crippen LogP contribution in [0.3, 0.4) is 0 Å². The highest BCUT2D eigenvalue weighted by Crippen LogP contribution is 2.29. The lowest BCUT2D eigenvalue weighted by molar-refractivity contribution is 0.0140. The smallest absolute Gasteiger partial charge is 0.104 e. The molecule has 0 bridgehead atoms. The average molecular weight is 264 g/mol. The highest BCUT2D eigenvalue weighted by atomic mass is 79.9. The van der Waals surface area contributed by atoms with Crippen LogP contribution in [0.1, 0.15) is 24.8 Å². The molecule has 1 aromatic rings. The number of nitrogens with two attached hydrogens (primary N) is 1. The average Bonchev–Trinajstić information content (AvgIpc) is 2.47. The van der Waals surface area contributed by atoms with Gasteiger partial charge in [0, 0.05) is 11.4 Å². The number of rotatable bonds is 4. The lowest BCUT2D eigenvalue weighted by Crippen LogP contribution is -2.18. The molecule has 1 rings (SSSR count). The van der Waals surface area contributed by atoms with Gasteiger partial charge in [-0.15, -0.1) is 11.3 Å². The molecule has 4 heteroatoms. The van der Waals surface area contributed by atoms with Gasteiger partial charge in [0.2, 0.25) is 0 Å². The maximum absolute atomic E-state index is 5.66. The number of ether oxygens (including phenoxy) is 1. The third kappa shape index (κ3) is 3.38. The van der Waals surface area contributed by atoms with E-state index >= 15 is 0 Å². The van der Waals surface area contributed by atoms with Crippen LogP contribution in [0.25, 0.3) is 0 Å². The van der Waals surface area contributed by atoms with Gasteiger partial charge in [-0.05, 0) is 41.9 Å². The van der Waals surface area contributed by atoms with Crippen LogP contribution in [-0.4, -0.2) is 12.6 Å². The molecular formula is C9H14BrNOS. The zero-order valence-electron chi connectivity index (χ0n) is 7.79. The quantitative estimate of drug-likeness (QED) is 0.907. The van der Waals surface area contributed by atoms with Crippen LogP contribution >= 0.6 is 27.3 Å². The Labute approximate surface area is 91.2 Å². The Kier molecular flexibility index (Phi) is 4.38. The van der Waals surface area contributed by atoms with Gasteiger partial charge < -0.3 is 10.5 Å². The highest BCUT2D eigenvalue weighted by Gasteiger charge is 2.13. The summed E-state index contributed by atoms with van der Waals surface area (Å²) in [6, 6.07) is 4.07. The maximum atomic E-state index is 5.66. The highest BCUT2D eigenvalue weighted by molar-refractivity contribution is 9.11. The van der Waals surface area contributed by atoms with Crippen LogP contribution in [0.2, 0.25) is 0 Å². The number of hydrogen-bond donors (Lipinski definition) is 1. The van der Waals surface area contributed by atoms with Gasteiger partial charge in [0.05, 0.1) is 9.89 Å². The first kappa shape index (κ1) is 11.2. The first-order chi connectivity index (χ1) is 6.13. The molecule has 1 heterocycles. The fraction of sp³-hybridized carbons (Fsp3) is 0.556. The molecule has 2 nitrogen and oxygen atoms in total. The molecule has 0 saturated carbocycles. The van der Waals surface area contributed by atoms with Crippen LogP contribution in [0.5, 0.6) is 0 Å². The second kappa shape index (κ2) is 5.10. The lowest BCUT2D eigenvalue weighted by Gasteiger charge is -2.17. The van der Waals surface area contributed by atoms with Gasteiger partial charge in [0.1, 0.15) is 6.10 Å². The maximum Gasteiger partial charge on any atom is 0.104 e. The monoisotopic (exact) mass is 263 g/mol. The Balaban J connectivity index is 2.66. The van der Waals surface area contributed by atoms with Crippen LogP contribution in [0.15, 0.2) is 15.9 Å². The normalized spacial score (nSPS) is 13.6. The minimum Gasteiger partial charge on any atom is -0.369 e. The summed E-state index contributed by atoms with van der Waals surface area (Å²) in [6.07, 6.45) is 0.255. The van der Waals surface area contributed by atoms with Crippen molar-refractivity contribution in [2.75, 3.05) is 6.54 Å². The Morgan fingerprint density at radius 3 is 2.62 bits per heavy atom. The van der Waals surface area contributed by atoms with Gasteiger partial charge in [-0.2, -0.15) is 0 Å². The van der Waals surface area contributed by atoms with Crippen molar-refractivity contribution in [3.05, 3.63) is 20.8 Å². The first-order valence-electron chi connectivity index (χ1n) is 4.24. The van der Waals surface area contributed by atoms with E-state index in [1.54, 1.807) is 11.3 Å². The number of hydrogen-bond acceptors (Lipinski definition) is 3. The molecule has 1 atom stereocenters. The summed E-state index contributed by atoms with van der Waals surface area (Å²) in [6.45, 7) is 4.57. The van der Waals surface area contributed by atoms with E-state index in [2.05, 4.69) is 22.0 Å². The van der Waals surface area contributed by atoms with E-state index in [1.807, 2.05) is 19.9 Å². The van der Waals surface area contributed by atoms with E-state index < -0.39 is 0 Å². The number of halogens is 1. The summed E-state index contributed by atoms with van der Waals surface area (Å²) >= 11 is 5.09. The topological polar surface area (TPSA) is 35.2 Å². The third-order valence-electron chi connectivity index (χ3n) is 1.56. The zero-order chi connectivity index (χ0) is 9.84. The van der Waals surface area contributed by atoms with E-state index in [4.69, 9.17) is 10.5 Å². The molecule has 1 aromatic heterocycles. The largest absolute Gasteiger partial charge is 0.369 e. The standard InChI is InChI=1S/C9H14BrNOS/c1-6(2)12-7(5-11)8-3-4-9(10)13-8/h3-4,6-7H,5,11H2,1-2H3. The van der Waals surface area contributed by atoms with Crippen molar-refractivity contribution < 1.29 is 4.74 Å². The van der Waals surface area contributed by atoms with Crippen molar-refractivity contribution in [2.24, 2.45) is 5.73 Å². The second-order valence-electron chi connectivity index (χ2n) is 3.05. The SMILES string of the molecule is CC(C)OC(CN)c1ccc(Br)s1. The fourth-order valence-electron chi connectivity index (χ4n) is 1.07. The van der Waals surface area contributed by atoms with Crippen molar-refractivity contribution in [2.45, 2.75) is 26.1 Å². The molecule has 0 saturated heterocycles. The number of thiophene rings is 1. The summed E-state index contributed by atoms with van der Waals surface area (Å²) in [5.74, 6) is 0.